The van der Waals surface area contributed by atoms with E-state index in [1.54, 1.807) is 26.2 Å². The number of aromatic nitrogens is 31. The fraction of sp³-hybridized carbons (Fsp3) is 0.406. The van der Waals surface area contributed by atoms with Gasteiger partial charge in [-0.25, -0.2) is 34.6 Å². The summed E-state index contributed by atoms with van der Waals surface area (Å²) in [4.78, 5) is 34.7. The molecule has 6 aliphatic rings. The number of hydrogen-bond acceptors (Lipinski definition) is 29. The zero-order valence-corrected chi connectivity index (χ0v) is 85.5. The molecular weight excluding hydrogens is 1870 g/mol. The zero-order chi connectivity index (χ0) is 99.1. The van der Waals surface area contributed by atoms with Gasteiger partial charge in [0, 0.05) is 253 Å². The third-order valence-corrected chi connectivity index (χ3v) is 30.4. The van der Waals surface area contributed by atoms with Crippen LogP contribution in [0.1, 0.15) is 262 Å². The van der Waals surface area contributed by atoms with Gasteiger partial charge in [0.05, 0.1) is 73.2 Å². The largest absolute Gasteiger partial charge is 0.360 e. The average Bonchev–Trinajstić information content (AvgIpc) is 1.63. The van der Waals surface area contributed by atoms with Crippen LogP contribution >= 0.6 is 22.7 Å². The standard InChI is InChI=1S/C26H30N8.C21H26N8.C21H24N6S.C20H23N7O.C18H20N8S/c1-33-17-20(15-29-33)21-16-30-34-25(13-23(31-26(21)34)18-7-3-2-4-8-18)32-24-11-10-19(14-28-24)22-9-5-6-12-27-22;1-3-28-19(9-10-22-28)26-20-11-18(15-7-5-4-6-8-15)25-21-17(13-24-29(20)21)16-12-23-27(2)14-16;1-14-8-20(28-13-14)25-19-9-18(15-6-4-3-5-7-15)24-21-17(11-23-27(19)21)16-10-22-26(2)12-16;1-13-8-18(25-28-13)24-19-9-17(14-6-4-3-5-7-14)23-20-16(11-22-27(19)20)15-10-21-26(2)12-15;1-25-10-13(8-20-25)14-9-21-26-16(23-18-24-19-11-27-18)7-15(22-17(14)26)12-5-3-2-4-6-12/h10-11,13-18H,2-9,12H2,1H3,(H,28,32);9-15,26H,3-8H2,1-2H3;8-13,15,25H,3-7H2,1-2H3;8-12,14H,3-7H2,1-2H3,(H,24,25);7-12H,2-6H2,1H3,(H,23,24). The molecular formula is C106H123N37OS2. The summed E-state index contributed by atoms with van der Waals surface area (Å²) in [5.41, 5.74) is 25.4. The van der Waals surface area contributed by atoms with E-state index in [-0.39, 0.29) is 0 Å². The molecule has 146 heavy (non-hydrogen) atoms. The fourth-order valence-electron chi connectivity index (χ4n) is 21.3. The highest BCUT2D eigenvalue weighted by molar-refractivity contribution is 7.14. The van der Waals surface area contributed by atoms with E-state index in [4.69, 9.17) is 34.4 Å². The Labute approximate surface area is 852 Å². The molecule has 20 aromatic heterocycles. The lowest BCUT2D eigenvalue weighted by molar-refractivity contribution is 0.400. The van der Waals surface area contributed by atoms with Crippen LogP contribution in [0.5, 0.6) is 0 Å². The normalized spacial score (nSPS) is 15.8. The molecule has 5 aliphatic carbocycles. The van der Waals surface area contributed by atoms with Gasteiger partial charge in [-0.1, -0.05) is 113 Å². The number of pyridine rings is 1. The first kappa shape index (κ1) is 95.5. The molecule has 26 rings (SSSR count). The minimum atomic E-state index is 0.481. The number of nitrogens with one attached hydrogen (secondary N) is 5. The molecule has 20 aromatic rings. The van der Waals surface area contributed by atoms with E-state index in [9.17, 15) is 0 Å². The number of hydrogen-bond donors (Lipinski definition) is 5. The van der Waals surface area contributed by atoms with E-state index < -0.39 is 0 Å². The van der Waals surface area contributed by atoms with Gasteiger partial charge in [0.15, 0.2) is 34.1 Å². The molecule has 5 saturated carbocycles. The molecule has 0 atom stereocenters. The van der Waals surface area contributed by atoms with Crippen LogP contribution in [0, 0.1) is 13.8 Å². The van der Waals surface area contributed by atoms with Crippen molar-refractivity contribution in [2.75, 3.05) is 33.1 Å². The summed E-state index contributed by atoms with van der Waals surface area (Å²) < 4.78 is 25.5. The zero-order valence-electron chi connectivity index (χ0n) is 83.9. The van der Waals surface area contributed by atoms with Crippen molar-refractivity contribution >= 4 is 113 Å². The first-order chi connectivity index (χ1) is 71.6. The highest BCUT2D eigenvalue weighted by Crippen LogP contribution is 2.44. The van der Waals surface area contributed by atoms with Crippen LogP contribution in [0.4, 0.5) is 56.7 Å². The number of thiophene rings is 1. The molecule has 0 radical (unpaired) electrons. The Morgan fingerprint density at radius 1 is 0.349 bits per heavy atom. The van der Waals surface area contributed by atoms with Gasteiger partial charge in [0.1, 0.15) is 52.0 Å². The van der Waals surface area contributed by atoms with Crippen LogP contribution < -0.4 is 26.6 Å². The van der Waals surface area contributed by atoms with E-state index in [2.05, 4.69) is 165 Å². The average molecular weight is 2000 g/mol. The van der Waals surface area contributed by atoms with Gasteiger partial charge < -0.3 is 31.1 Å². The van der Waals surface area contributed by atoms with E-state index in [0.29, 0.717) is 35.4 Å². The number of anilines is 10. The summed E-state index contributed by atoms with van der Waals surface area (Å²) >= 11 is 3.18. The van der Waals surface area contributed by atoms with Crippen LogP contribution in [0.3, 0.4) is 0 Å². The second-order valence-corrected chi connectivity index (χ2v) is 41.2. The molecule has 0 spiro atoms. The summed E-state index contributed by atoms with van der Waals surface area (Å²) in [6.07, 6.45) is 67.2. The molecule has 0 unspecified atom stereocenters. The number of aryl methyl sites for hydroxylation is 8. The molecule has 750 valence electrons. The molecule has 0 saturated heterocycles. The molecule has 0 amide bonds. The van der Waals surface area contributed by atoms with Crippen molar-refractivity contribution in [1.82, 2.24) is 152 Å². The Kier molecular flexibility index (Phi) is 28.3. The lowest BCUT2D eigenvalue weighted by Crippen LogP contribution is -2.11. The van der Waals surface area contributed by atoms with Crippen molar-refractivity contribution in [3.05, 3.63) is 222 Å². The van der Waals surface area contributed by atoms with Gasteiger partial charge >= 0.3 is 0 Å². The van der Waals surface area contributed by atoms with Crippen LogP contribution in [0.2, 0.25) is 0 Å². The third kappa shape index (κ3) is 21.3. The molecule has 1 aliphatic heterocycles. The van der Waals surface area contributed by atoms with Crippen LogP contribution in [0.25, 0.3) is 83.9 Å². The smallest absolute Gasteiger partial charge is 0.210 e. The molecule has 38 nitrogen and oxygen atoms in total. The molecule has 0 bridgehead atoms. The van der Waals surface area contributed by atoms with Crippen LogP contribution in [0.15, 0.2) is 186 Å². The maximum atomic E-state index is 5.20. The minimum absolute atomic E-state index is 0.481. The number of nitrogens with zero attached hydrogens (tertiary/aromatic N) is 32. The lowest BCUT2D eigenvalue weighted by atomic mass is 9.87. The Bertz CT molecular complexity index is 7700. The summed E-state index contributed by atoms with van der Waals surface area (Å²) in [6, 6.07) is 20.9. The maximum absolute atomic E-state index is 5.20. The first-order valence-electron chi connectivity index (χ1n) is 51.6. The van der Waals surface area contributed by atoms with Crippen molar-refractivity contribution in [2.24, 2.45) is 40.2 Å². The van der Waals surface area contributed by atoms with Crippen molar-refractivity contribution in [3.63, 3.8) is 0 Å². The number of rotatable bonds is 22. The molecule has 21 heterocycles. The lowest BCUT2D eigenvalue weighted by Gasteiger charge is -2.22. The molecule has 5 N–H and O–H groups in total. The highest BCUT2D eigenvalue weighted by atomic mass is 32.1. The molecule has 5 fully saturated rings. The fourth-order valence-corrected chi connectivity index (χ4v) is 22.5. The first-order valence-corrected chi connectivity index (χ1v) is 53.4. The predicted molar refractivity (Wildman–Crippen MR) is 569 cm³/mol. The summed E-state index contributed by atoms with van der Waals surface area (Å²) in [7, 11) is 9.61. The van der Waals surface area contributed by atoms with E-state index >= 15 is 0 Å². The van der Waals surface area contributed by atoms with Crippen molar-refractivity contribution in [1.29, 1.82) is 0 Å². The maximum Gasteiger partial charge on any atom is 0.210 e. The quantitative estimate of drug-likeness (QED) is 0.0421. The minimum Gasteiger partial charge on any atom is -0.360 e. The third-order valence-electron chi connectivity index (χ3n) is 28.9. The van der Waals surface area contributed by atoms with Gasteiger partial charge in [0.25, 0.3) is 0 Å². The van der Waals surface area contributed by atoms with Crippen molar-refractivity contribution < 1.29 is 4.52 Å². The van der Waals surface area contributed by atoms with E-state index in [1.165, 1.54) is 202 Å². The van der Waals surface area contributed by atoms with Gasteiger partial charge in [-0.3, -0.25) is 28.4 Å². The Morgan fingerprint density at radius 3 is 1.04 bits per heavy atom. The Morgan fingerprint density at radius 2 is 0.726 bits per heavy atom. The van der Waals surface area contributed by atoms with Crippen molar-refractivity contribution in [3.8, 4) is 55.6 Å². The summed E-state index contributed by atoms with van der Waals surface area (Å²) in [5, 5.41) is 82.6. The van der Waals surface area contributed by atoms with Crippen LogP contribution in [-0.4, -0.2) is 164 Å². The second kappa shape index (κ2) is 43.3. The van der Waals surface area contributed by atoms with Gasteiger partial charge in [-0.05, 0) is 133 Å². The van der Waals surface area contributed by atoms with E-state index in [1.807, 2.05) is 207 Å². The van der Waals surface area contributed by atoms with Gasteiger partial charge in [-0.15, -0.1) is 21.5 Å². The number of aliphatic imine (C=N–C) groups is 1. The Balaban J connectivity index is 0.000000104. The summed E-state index contributed by atoms with van der Waals surface area (Å²) in [5.74, 6) is 10.1. The van der Waals surface area contributed by atoms with Crippen LogP contribution in [-0.2, 0) is 41.8 Å². The molecule has 40 heteroatoms. The summed E-state index contributed by atoms with van der Waals surface area (Å²) in [6.45, 7) is 7.81. The second-order valence-electron chi connectivity index (χ2n) is 39.4. The molecule has 0 aromatic carbocycles. The predicted octanol–water partition coefficient (Wildman–Crippen LogP) is 22.7. The van der Waals surface area contributed by atoms with Gasteiger partial charge in [-0.2, -0.15) is 78.7 Å². The van der Waals surface area contributed by atoms with Gasteiger partial charge in [0.2, 0.25) is 5.13 Å². The Hall–Kier alpha value is -15.4. The SMILES string of the molecule is CCn1nccc1Nc1cc(C2CCCCC2)nc2c(-c3cnn(C)c3)cnn12.Cc1cc(Nc2cc(C3CCCCC3)nc3c(-c4cnn(C)c4)cnn23)no1.Cc1csc(Nc2cc(C3CCCCC3)nc3c(-c4cnn(C)c4)cnn23)c1.Cn1cc(-c2cnn3c(Nc4ccc(C5=NCCCC5)cn4)cc(C4CCCCC4)nc23)cn1.Cn1cc(-c2cnn3c(Nc4nncs4)cc(C4CCCCC4)nc23)cn1. The topological polar surface area (TPSA) is 395 Å². The van der Waals surface area contributed by atoms with Crippen molar-refractivity contribution in [2.45, 2.75) is 237 Å². The monoisotopic (exact) mass is 1990 g/mol. The van der Waals surface area contributed by atoms with E-state index in [0.717, 1.165) is 188 Å². The highest BCUT2D eigenvalue weighted by Gasteiger charge is 2.30. The number of fused-ring (bicyclic) bond motifs is 5.